The minimum absolute atomic E-state index is 0.103. The summed E-state index contributed by atoms with van der Waals surface area (Å²) in [5.41, 5.74) is 1.69. The quantitative estimate of drug-likeness (QED) is 0.840. The molecule has 0 spiro atoms. The van der Waals surface area contributed by atoms with Gasteiger partial charge < -0.3 is 0 Å². The largest absolute Gasteiger partial charge is 0.348 e. The maximum Gasteiger partial charge on any atom is 0.348 e. The lowest BCUT2D eigenvalue weighted by Crippen LogP contribution is -2.30. The molecule has 0 radical (unpaired) electrons. The summed E-state index contributed by atoms with van der Waals surface area (Å²) in [5, 5.41) is 0. The van der Waals surface area contributed by atoms with E-state index in [2.05, 4.69) is 20.9 Å². The van der Waals surface area contributed by atoms with Gasteiger partial charge in [0.2, 0.25) is 0 Å². The molecule has 0 aliphatic heterocycles. The monoisotopic (exact) mass is 298 g/mol. The van der Waals surface area contributed by atoms with E-state index in [9.17, 15) is 4.79 Å². The minimum atomic E-state index is -0.103. The van der Waals surface area contributed by atoms with E-state index >= 15 is 0 Å². The maximum absolute atomic E-state index is 11.9. The first-order chi connectivity index (χ1) is 8.09. The lowest BCUT2D eigenvalue weighted by Gasteiger charge is -2.23. The zero-order chi connectivity index (χ0) is 12.4. The zero-order valence-electron chi connectivity index (χ0n) is 10.5. The molecule has 1 aliphatic carbocycles. The summed E-state index contributed by atoms with van der Waals surface area (Å²) < 4.78 is 2.79. The Balaban J connectivity index is 2.26. The summed E-state index contributed by atoms with van der Waals surface area (Å²) in [7, 11) is 0. The summed E-state index contributed by atoms with van der Waals surface area (Å²) >= 11 is 3.51. The van der Waals surface area contributed by atoms with E-state index in [4.69, 9.17) is 0 Å². The van der Waals surface area contributed by atoms with E-state index in [0.29, 0.717) is 5.92 Å². The van der Waals surface area contributed by atoms with E-state index in [1.165, 1.54) is 32.1 Å². The zero-order valence-corrected chi connectivity index (χ0v) is 12.1. The number of rotatable bonds is 2. The maximum atomic E-state index is 11.9. The first-order valence-electron chi connectivity index (χ1n) is 6.33. The van der Waals surface area contributed by atoms with Crippen molar-refractivity contribution in [3.8, 4) is 0 Å². The fraction of sp³-hybridized carbons (Fsp3) is 0.692. The van der Waals surface area contributed by atoms with E-state index < -0.39 is 0 Å². The Labute approximate surface area is 110 Å². The van der Waals surface area contributed by atoms with Crippen molar-refractivity contribution in [2.75, 3.05) is 0 Å². The lowest BCUT2D eigenvalue weighted by atomic mass is 9.89. The van der Waals surface area contributed by atoms with Crippen molar-refractivity contribution in [1.82, 2.24) is 9.55 Å². The standard InChI is InChI=1S/C13H19BrN2O/c1-9-12(14)10(2)16(13(17)15-9)8-11-6-4-3-5-7-11/h11H,3-8H2,1-2H3. The topological polar surface area (TPSA) is 34.9 Å². The van der Waals surface area contributed by atoms with Crippen molar-refractivity contribution in [3.63, 3.8) is 0 Å². The molecular formula is C13H19BrN2O. The van der Waals surface area contributed by atoms with Crippen LogP contribution in [0.15, 0.2) is 9.27 Å². The molecule has 0 aromatic carbocycles. The first kappa shape index (κ1) is 12.8. The first-order valence-corrected chi connectivity index (χ1v) is 7.12. The molecule has 1 aromatic rings. The second-order valence-corrected chi connectivity index (χ2v) is 5.79. The Bertz CT molecular complexity index is 461. The van der Waals surface area contributed by atoms with Gasteiger partial charge in [-0.15, -0.1) is 0 Å². The average Bonchev–Trinajstić information content (AvgIpc) is 2.33. The van der Waals surface area contributed by atoms with Gasteiger partial charge in [-0.2, -0.15) is 4.98 Å². The fourth-order valence-electron chi connectivity index (χ4n) is 2.62. The second-order valence-electron chi connectivity index (χ2n) is 4.99. The molecule has 1 aliphatic rings. The van der Waals surface area contributed by atoms with Crippen LogP contribution < -0.4 is 5.69 Å². The average molecular weight is 299 g/mol. The predicted molar refractivity (Wildman–Crippen MR) is 72.2 cm³/mol. The third-order valence-electron chi connectivity index (χ3n) is 3.70. The molecule has 0 amide bonds. The van der Waals surface area contributed by atoms with Crippen LogP contribution in [-0.4, -0.2) is 9.55 Å². The van der Waals surface area contributed by atoms with E-state index in [1.807, 2.05) is 18.4 Å². The van der Waals surface area contributed by atoms with Crippen LogP contribution in [0.2, 0.25) is 0 Å². The van der Waals surface area contributed by atoms with Crippen molar-refractivity contribution in [2.45, 2.75) is 52.5 Å². The van der Waals surface area contributed by atoms with Gasteiger partial charge in [-0.3, -0.25) is 4.57 Å². The van der Waals surface area contributed by atoms with Crippen molar-refractivity contribution in [2.24, 2.45) is 5.92 Å². The summed E-state index contributed by atoms with van der Waals surface area (Å²) in [6, 6.07) is 0. The Morgan fingerprint density at radius 2 is 1.94 bits per heavy atom. The van der Waals surface area contributed by atoms with Gasteiger partial charge in [0.15, 0.2) is 0 Å². The predicted octanol–water partition coefficient (Wildman–Crippen LogP) is 3.20. The van der Waals surface area contributed by atoms with Gasteiger partial charge in [0, 0.05) is 12.2 Å². The minimum Gasteiger partial charge on any atom is -0.295 e. The van der Waals surface area contributed by atoms with Crippen LogP contribution in [0.4, 0.5) is 0 Å². The van der Waals surface area contributed by atoms with Gasteiger partial charge in [0.1, 0.15) is 0 Å². The van der Waals surface area contributed by atoms with Crippen molar-refractivity contribution in [1.29, 1.82) is 0 Å². The smallest absolute Gasteiger partial charge is 0.295 e. The molecule has 0 atom stereocenters. The summed E-state index contributed by atoms with van der Waals surface area (Å²) in [4.78, 5) is 16.0. The molecule has 0 N–H and O–H groups in total. The van der Waals surface area contributed by atoms with Crippen molar-refractivity contribution in [3.05, 3.63) is 26.3 Å². The van der Waals surface area contributed by atoms with Crippen LogP contribution in [0.3, 0.4) is 0 Å². The van der Waals surface area contributed by atoms with Crippen LogP contribution in [0.25, 0.3) is 0 Å². The third kappa shape index (κ3) is 2.79. The second kappa shape index (κ2) is 5.34. The number of halogens is 1. The molecule has 1 heterocycles. The molecule has 0 bridgehead atoms. The Kier molecular flexibility index (Phi) is 4.02. The molecule has 2 rings (SSSR count). The molecule has 1 saturated carbocycles. The van der Waals surface area contributed by atoms with Gasteiger partial charge in [-0.05, 0) is 48.5 Å². The van der Waals surface area contributed by atoms with Crippen LogP contribution in [0.1, 0.15) is 43.5 Å². The van der Waals surface area contributed by atoms with E-state index in [1.54, 1.807) is 0 Å². The van der Waals surface area contributed by atoms with Crippen LogP contribution in [0.5, 0.6) is 0 Å². The highest BCUT2D eigenvalue weighted by molar-refractivity contribution is 9.10. The highest BCUT2D eigenvalue weighted by atomic mass is 79.9. The number of aromatic nitrogens is 2. The van der Waals surface area contributed by atoms with Crippen LogP contribution >= 0.6 is 15.9 Å². The van der Waals surface area contributed by atoms with Gasteiger partial charge in [0.05, 0.1) is 10.2 Å². The Hall–Kier alpha value is -0.640. The summed E-state index contributed by atoms with van der Waals surface area (Å²) in [6.45, 7) is 4.68. The fourth-order valence-corrected chi connectivity index (χ4v) is 2.92. The molecule has 3 nitrogen and oxygen atoms in total. The molecular weight excluding hydrogens is 280 g/mol. The highest BCUT2D eigenvalue weighted by Crippen LogP contribution is 2.26. The molecule has 17 heavy (non-hydrogen) atoms. The van der Waals surface area contributed by atoms with Gasteiger partial charge in [0.25, 0.3) is 0 Å². The number of hydrogen-bond acceptors (Lipinski definition) is 2. The van der Waals surface area contributed by atoms with Crippen molar-refractivity contribution >= 4 is 15.9 Å². The van der Waals surface area contributed by atoms with E-state index in [-0.39, 0.29) is 5.69 Å². The number of nitrogens with zero attached hydrogens (tertiary/aromatic N) is 2. The molecule has 0 unspecified atom stereocenters. The molecule has 1 fully saturated rings. The van der Waals surface area contributed by atoms with Crippen LogP contribution in [-0.2, 0) is 6.54 Å². The van der Waals surface area contributed by atoms with Gasteiger partial charge >= 0.3 is 5.69 Å². The SMILES string of the molecule is Cc1nc(=O)n(CC2CCCCC2)c(C)c1Br. The normalized spacial score (nSPS) is 17.4. The highest BCUT2D eigenvalue weighted by Gasteiger charge is 2.17. The molecule has 1 aromatic heterocycles. The summed E-state index contributed by atoms with van der Waals surface area (Å²) in [5.74, 6) is 0.650. The Morgan fingerprint density at radius 3 is 2.59 bits per heavy atom. The third-order valence-corrected chi connectivity index (χ3v) is 4.85. The lowest BCUT2D eigenvalue weighted by molar-refractivity contribution is 0.312. The molecule has 94 valence electrons. The number of aryl methyl sites for hydroxylation is 1. The summed E-state index contributed by atoms with van der Waals surface area (Å²) in [6.07, 6.45) is 6.45. The molecule has 0 saturated heterocycles. The van der Waals surface area contributed by atoms with Crippen LogP contribution in [0, 0.1) is 19.8 Å². The van der Waals surface area contributed by atoms with Gasteiger partial charge in [-0.1, -0.05) is 19.3 Å². The van der Waals surface area contributed by atoms with Gasteiger partial charge in [-0.25, -0.2) is 4.79 Å². The number of hydrogen-bond donors (Lipinski definition) is 0. The molecule has 4 heteroatoms. The van der Waals surface area contributed by atoms with Crippen molar-refractivity contribution < 1.29 is 0 Å². The Morgan fingerprint density at radius 1 is 1.29 bits per heavy atom. The van der Waals surface area contributed by atoms with E-state index in [0.717, 1.165) is 22.4 Å².